The molecule has 4 nitrogen and oxygen atoms in total. The van der Waals surface area contributed by atoms with Gasteiger partial charge < -0.3 is 15.7 Å². The molecule has 1 aromatic rings. The number of anilines is 2. The Morgan fingerprint density at radius 1 is 1.20 bits per heavy atom. The summed E-state index contributed by atoms with van der Waals surface area (Å²) in [7, 11) is 1.52. The maximum atomic E-state index is 12.8. The van der Waals surface area contributed by atoms with Gasteiger partial charge in [0.05, 0.1) is 17.7 Å². The van der Waals surface area contributed by atoms with E-state index in [0.717, 1.165) is 31.4 Å². The first-order valence-electron chi connectivity index (χ1n) is 6.62. The van der Waals surface area contributed by atoms with Crippen molar-refractivity contribution in [1.29, 1.82) is 0 Å². The molecule has 1 aromatic heterocycles. The van der Waals surface area contributed by atoms with Crippen LogP contribution in [0.4, 0.5) is 24.8 Å². The number of hydrogen-bond donors (Lipinski definition) is 3. The van der Waals surface area contributed by atoms with Crippen molar-refractivity contribution in [2.45, 2.75) is 44.0 Å². The van der Waals surface area contributed by atoms with Gasteiger partial charge in [0.25, 0.3) is 0 Å². The molecule has 2 rings (SSSR count). The average molecular weight is 289 g/mol. The quantitative estimate of drug-likeness (QED) is 0.801. The molecule has 112 valence electrons. The number of rotatable bonds is 3. The number of nitrogens with zero attached hydrogens (tertiary/aromatic N) is 1. The molecule has 2 unspecified atom stereocenters. The lowest BCUT2D eigenvalue weighted by Crippen LogP contribution is -2.36. The predicted octanol–water partition coefficient (Wildman–Crippen LogP) is 2.86. The first kappa shape index (κ1) is 14.9. The lowest BCUT2D eigenvalue weighted by molar-refractivity contribution is -0.137. The largest absolute Gasteiger partial charge is 0.416 e. The van der Waals surface area contributed by atoms with E-state index in [-0.39, 0.29) is 17.7 Å². The molecule has 1 fully saturated rings. The minimum absolute atomic E-state index is 0.134. The molecule has 1 saturated carbocycles. The van der Waals surface area contributed by atoms with Crippen molar-refractivity contribution >= 4 is 11.6 Å². The molecule has 1 aliphatic carbocycles. The first-order chi connectivity index (χ1) is 9.40. The SMILES string of the molecule is CNc1cc(C(F)(F)F)cc(NC2CCCCC2O)n1. The van der Waals surface area contributed by atoms with Gasteiger partial charge in [-0.3, -0.25) is 0 Å². The Labute approximate surface area is 115 Å². The van der Waals surface area contributed by atoms with E-state index >= 15 is 0 Å². The Kier molecular flexibility index (Phi) is 4.37. The second-order valence-corrected chi connectivity index (χ2v) is 4.98. The summed E-state index contributed by atoms with van der Waals surface area (Å²) < 4.78 is 38.4. The van der Waals surface area contributed by atoms with Crippen molar-refractivity contribution in [1.82, 2.24) is 4.98 Å². The number of aliphatic hydroxyl groups excluding tert-OH is 1. The number of pyridine rings is 1. The summed E-state index contributed by atoms with van der Waals surface area (Å²) in [5, 5.41) is 15.4. The van der Waals surface area contributed by atoms with E-state index in [0.29, 0.717) is 6.42 Å². The van der Waals surface area contributed by atoms with Gasteiger partial charge in [-0.2, -0.15) is 13.2 Å². The Balaban J connectivity index is 2.22. The summed E-state index contributed by atoms with van der Waals surface area (Å²) in [6.07, 6.45) is -1.68. The third kappa shape index (κ3) is 3.53. The Morgan fingerprint density at radius 2 is 1.85 bits per heavy atom. The zero-order valence-electron chi connectivity index (χ0n) is 11.2. The molecular weight excluding hydrogens is 271 g/mol. The molecule has 7 heteroatoms. The van der Waals surface area contributed by atoms with Crippen molar-refractivity contribution in [3.63, 3.8) is 0 Å². The van der Waals surface area contributed by atoms with E-state index in [1.807, 2.05) is 0 Å². The molecule has 2 atom stereocenters. The fourth-order valence-corrected chi connectivity index (χ4v) is 2.37. The van der Waals surface area contributed by atoms with E-state index in [9.17, 15) is 18.3 Å². The van der Waals surface area contributed by atoms with Gasteiger partial charge in [0, 0.05) is 7.05 Å². The van der Waals surface area contributed by atoms with Gasteiger partial charge in [-0.05, 0) is 25.0 Å². The third-order valence-electron chi connectivity index (χ3n) is 3.47. The molecule has 0 saturated heterocycles. The van der Waals surface area contributed by atoms with Gasteiger partial charge in [-0.15, -0.1) is 0 Å². The molecule has 0 aliphatic heterocycles. The number of aromatic nitrogens is 1. The third-order valence-corrected chi connectivity index (χ3v) is 3.47. The Bertz CT molecular complexity index is 465. The number of hydrogen-bond acceptors (Lipinski definition) is 4. The minimum atomic E-state index is -4.42. The van der Waals surface area contributed by atoms with E-state index in [1.54, 1.807) is 0 Å². The highest BCUT2D eigenvalue weighted by atomic mass is 19.4. The van der Waals surface area contributed by atoms with Crippen LogP contribution in [0.3, 0.4) is 0 Å². The fourth-order valence-electron chi connectivity index (χ4n) is 2.37. The minimum Gasteiger partial charge on any atom is -0.391 e. The van der Waals surface area contributed by atoms with Gasteiger partial charge >= 0.3 is 6.18 Å². The van der Waals surface area contributed by atoms with E-state index in [2.05, 4.69) is 15.6 Å². The van der Waals surface area contributed by atoms with E-state index in [1.165, 1.54) is 7.05 Å². The summed E-state index contributed by atoms with van der Waals surface area (Å²) >= 11 is 0. The molecule has 1 heterocycles. The number of nitrogens with one attached hydrogen (secondary N) is 2. The van der Waals surface area contributed by atoms with Crippen LogP contribution < -0.4 is 10.6 Å². The van der Waals surface area contributed by atoms with Crippen molar-refractivity contribution in [2.75, 3.05) is 17.7 Å². The van der Waals surface area contributed by atoms with E-state index in [4.69, 9.17) is 0 Å². The molecule has 1 aliphatic rings. The van der Waals surface area contributed by atoms with Crippen LogP contribution in [0.15, 0.2) is 12.1 Å². The van der Waals surface area contributed by atoms with Gasteiger partial charge in [0.1, 0.15) is 11.6 Å². The molecule has 0 spiro atoms. The Hall–Kier alpha value is -1.50. The second kappa shape index (κ2) is 5.87. The molecule has 3 N–H and O–H groups in total. The predicted molar refractivity (Wildman–Crippen MR) is 70.7 cm³/mol. The van der Waals surface area contributed by atoms with Crippen molar-refractivity contribution < 1.29 is 18.3 Å². The van der Waals surface area contributed by atoms with Gasteiger partial charge in [0.15, 0.2) is 0 Å². The summed E-state index contributed by atoms with van der Waals surface area (Å²) in [4.78, 5) is 4.06. The van der Waals surface area contributed by atoms with E-state index < -0.39 is 17.8 Å². The summed E-state index contributed by atoms with van der Waals surface area (Å²) in [5.41, 5.74) is -0.760. The maximum Gasteiger partial charge on any atom is 0.416 e. The van der Waals surface area contributed by atoms with Crippen LogP contribution in [0, 0.1) is 0 Å². The topological polar surface area (TPSA) is 57.2 Å². The summed E-state index contributed by atoms with van der Waals surface area (Å²) in [5.74, 6) is 0.280. The number of alkyl halides is 3. The fraction of sp³-hybridized carbons (Fsp3) is 0.615. The average Bonchev–Trinajstić information content (AvgIpc) is 2.40. The first-order valence-corrected chi connectivity index (χ1v) is 6.62. The number of halogens is 3. The van der Waals surface area contributed by atoms with Crippen LogP contribution in [0.2, 0.25) is 0 Å². The Morgan fingerprint density at radius 3 is 2.45 bits per heavy atom. The van der Waals surface area contributed by atoms with Crippen molar-refractivity contribution in [3.8, 4) is 0 Å². The van der Waals surface area contributed by atoms with Gasteiger partial charge in [0.2, 0.25) is 0 Å². The molecule has 0 amide bonds. The molecule has 0 bridgehead atoms. The lowest BCUT2D eigenvalue weighted by Gasteiger charge is -2.29. The van der Waals surface area contributed by atoms with Crippen LogP contribution >= 0.6 is 0 Å². The summed E-state index contributed by atoms with van der Waals surface area (Å²) in [6, 6.07) is 1.69. The molecule has 20 heavy (non-hydrogen) atoms. The smallest absolute Gasteiger partial charge is 0.391 e. The zero-order chi connectivity index (χ0) is 14.8. The number of aliphatic hydroxyl groups is 1. The standard InChI is InChI=1S/C13H18F3N3O/c1-17-11-6-8(13(14,15)16)7-12(19-11)18-9-4-2-3-5-10(9)20/h6-7,9-10,20H,2-5H2,1H3,(H2,17,18,19). The highest BCUT2D eigenvalue weighted by molar-refractivity contribution is 5.50. The van der Waals surface area contributed by atoms with Crippen LogP contribution in [-0.4, -0.2) is 29.3 Å². The van der Waals surface area contributed by atoms with Gasteiger partial charge in [-0.25, -0.2) is 4.98 Å². The molecular formula is C13H18F3N3O. The molecule has 0 aromatic carbocycles. The van der Waals surface area contributed by atoms with Crippen LogP contribution in [-0.2, 0) is 6.18 Å². The van der Waals surface area contributed by atoms with Gasteiger partial charge in [-0.1, -0.05) is 12.8 Å². The normalized spacial score (nSPS) is 23.4. The molecule has 0 radical (unpaired) electrons. The summed E-state index contributed by atoms with van der Waals surface area (Å²) in [6.45, 7) is 0. The van der Waals surface area contributed by atoms with Crippen LogP contribution in [0.5, 0.6) is 0 Å². The monoisotopic (exact) mass is 289 g/mol. The van der Waals surface area contributed by atoms with Crippen molar-refractivity contribution in [3.05, 3.63) is 17.7 Å². The maximum absolute atomic E-state index is 12.8. The highest BCUT2D eigenvalue weighted by Crippen LogP contribution is 2.32. The second-order valence-electron chi connectivity index (χ2n) is 4.98. The zero-order valence-corrected chi connectivity index (χ0v) is 11.2. The van der Waals surface area contributed by atoms with Crippen molar-refractivity contribution in [2.24, 2.45) is 0 Å². The highest BCUT2D eigenvalue weighted by Gasteiger charge is 2.32. The van der Waals surface area contributed by atoms with Crippen LogP contribution in [0.25, 0.3) is 0 Å². The van der Waals surface area contributed by atoms with Crippen LogP contribution in [0.1, 0.15) is 31.2 Å². The lowest BCUT2D eigenvalue weighted by atomic mass is 9.92.